The first-order chi connectivity index (χ1) is 23.0. The zero-order valence-corrected chi connectivity index (χ0v) is 28.5. The summed E-state index contributed by atoms with van der Waals surface area (Å²) in [6.45, 7) is -0.106. The summed E-state index contributed by atoms with van der Waals surface area (Å²) in [5.41, 5.74) is 0.859. The highest BCUT2D eigenvalue weighted by atomic mass is 19.3. The Bertz CT molecular complexity index is 1180. The summed E-state index contributed by atoms with van der Waals surface area (Å²) in [6, 6.07) is 7.48. The van der Waals surface area contributed by atoms with Crippen LogP contribution in [0.15, 0.2) is 30.3 Å². The van der Waals surface area contributed by atoms with Crippen molar-refractivity contribution in [2.24, 2.45) is 11.8 Å². The second-order valence-corrected chi connectivity index (χ2v) is 12.2. The second kappa shape index (κ2) is 24.5. The molecule has 2 rings (SSSR count). The molecule has 0 bridgehead atoms. The van der Waals surface area contributed by atoms with Crippen molar-refractivity contribution in [3.05, 3.63) is 35.9 Å². The molecule has 0 aromatic heterocycles. The van der Waals surface area contributed by atoms with Crippen LogP contribution in [-0.2, 0) is 20.8 Å². The summed E-state index contributed by atoms with van der Waals surface area (Å²) in [4.78, 5) is 43.5. The van der Waals surface area contributed by atoms with Crippen LogP contribution in [0, 0.1) is 36.0 Å². The smallest absolute Gasteiger partial charge is 0.243 e. The quantitative estimate of drug-likeness (QED) is 0.139. The molecule has 4 N–H and O–H groups in total. The normalized spacial score (nSPS) is 16.0. The van der Waals surface area contributed by atoms with Crippen molar-refractivity contribution in [3.8, 4) is 24.2 Å². The third kappa shape index (κ3) is 16.5. The predicted molar refractivity (Wildman–Crippen MR) is 180 cm³/mol. The van der Waals surface area contributed by atoms with Gasteiger partial charge in [-0.1, -0.05) is 62.4 Å². The molecule has 1 aliphatic carbocycles. The first-order valence-electron chi connectivity index (χ1n) is 16.4. The first kappa shape index (κ1) is 42.4. The van der Waals surface area contributed by atoms with E-state index in [1.165, 1.54) is 9.80 Å². The summed E-state index contributed by atoms with van der Waals surface area (Å²) in [7, 11) is 3.23. The number of nitrogens with one attached hydrogen (secondary N) is 2. The number of aliphatic hydroxyl groups is 2. The van der Waals surface area contributed by atoms with Crippen molar-refractivity contribution in [1.82, 2.24) is 20.4 Å². The maximum atomic E-state index is 13.7. The molecule has 1 aromatic carbocycles. The Hall–Kier alpha value is -3.58. The van der Waals surface area contributed by atoms with Gasteiger partial charge in [0.1, 0.15) is 18.9 Å². The minimum absolute atomic E-state index is 0.0225. The zero-order valence-electron chi connectivity index (χ0n) is 28.5. The first-order valence-corrected chi connectivity index (χ1v) is 16.4. The maximum Gasteiger partial charge on any atom is 0.243 e. The van der Waals surface area contributed by atoms with Gasteiger partial charge in [-0.25, -0.2) is 13.2 Å². The van der Waals surface area contributed by atoms with Crippen molar-refractivity contribution in [1.29, 1.82) is 0 Å². The second-order valence-electron chi connectivity index (χ2n) is 12.2. The zero-order chi connectivity index (χ0) is 35.9. The Kier molecular flexibility index (Phi) is 21.7. The van der Waals surface area contributed by atoms with Crippen LogP contribution in [0.2, 0.25) is 0 Å². The number of benzene rings is 1. The van der Waals surface area contributed by atoms with Gasteiger partial charge in [-0.05, 0) is 38.3 Å². The topological polar surface area (TPSA) is 122 Å². The average Bonchev–Trinajstić information content (AvgIpc) is 3.08. The average molecular weight is 679 g/mol. The summed E-state index contributed by atoms with van der Waals surface area (Å²) < 4.78 is 32.1. The van der Waals surface area contributed by atoms with Crippen molar-refractivity contribution in [3.63, 3.8) is 0 Å². The van der Waals surface area contributed by atoms with Crippen LogP contribution in [0.1, 0.15) is 70.3 Å². The Labute approximate surface area is 284 Å². The molecule has 268 valence electrons. The molecule has 4 unspecified atom stereocenters. The Balaban J connectivity index is 0.00000369. The van der Waals surface area contributed by atoms with Gasteiger partial charge in [0.25, 0.3) is 0 Å². The molecule has 0 radical (unpaired) electrons. The summed E-state index contributed by atoms with van der Waals surface area (Å²) in [6.07, 6.45) is 8.71. The molecule has 1 aromatic rings. The van der Waals surface area contributed by atoms with Crippen LogP contribution < -0.4 is 10.6 Å². The molecule has 1 aliphatic rings. The fraction of sp³-hybridized carbons (Fsp3) is 0.639. The van der Waals surface area contributed by atoms with E-state index in [-0.39, 0.29) is 37.5 Å². The van der Waals surface area contributed by atoms with Crippen LogP contribution in [0.25, 0.3) is 0 Å². The van der Waals surface area contributed by atoms with E-state index in [0.717, 1.165) is 37.7 Å². The number of likely N-dealkylation sites (N-methyl/N-ethyl adjacent to an activating group) is 2. The fourth-order valence-electron chi connectivity index (χ4n) is 5.59. The Morgan fingerprint density at radius 1 is 0.979 bits per heavy atom. The van der Waals surface area contributed by atoms with Gasteiger partial charge in [-0.2, -0.15) is 0 Å². The van der Waals surface area contributed by atoms with E-state index in [4.69, 9.17) is 6.42 Å². The molecule has 5 atom stereocenters. The van der Waals surface area contributed by atoms with E-state index in [2.05, 4.69) is 28.4 Å². The minimum Gasteiger partial charge on any atom is -0.389 e. The summed E-state index contributed by atoms with van der Waals surface area (Å²) in [5.74, 6) is 6.21. The van der Waals surface area contributed by atoms with Crippen molar-refractivity contribution < 1.29 is 37.8 Å². The van der Waals surface area contributed by atoms with Crippen LogP contribution in [0.4, 0.5) is 13.2 Å². The van der Waals surface area contributed by atoms with Gasteiger partial charge in [0, 0.05) is 39.4 Å². The molecule has 1 fully saturated rings. The molecule has 0 spiro atoms. The van der Waals surface area contributed by atoms with Crippen LogP contribution in [0.3, 0.4) is 0 Å². The molecular formula is C36H53F3N4O5. The SMILES string of the molecule is C#CCC(O)C(O)C(CC1CCCCC1)NC(=O)[C@H](CC#CC)NC(=O)C(CC(=O)N(C)CCN(C)CF)Cc1ccccc1.FCF. The molecular weight excluding hydrogens is 625 g/mol. The van der Waals surface area contributed by atoms with Crippen molar-refractivity contribution in [2.75, 3.05) is 40.9 Å². The maximum absolute atomic E-state index is 13.7. The number of carbonyl (C=O) groups is 3. The largest absolute Gasteiger partial charge is 0.389 e. The molecule has 12 heteroatoms. The van der Waals surface area contributed by atoms with Crippen LogP contribution >= 0.6 is 0 Å². The van der Waals surface area contributed by atoms with Crippen LogP contribution in [-0.4, -0.2) is 103 Å². The Morgan fingerprint density at radius 2 is 1.62 bits per heavy atom. The molecule has 0 aliphatic heterocycles. The highest BCUT2D eigenvalue weighted by Crippen LogP contribution is 2.28. The fourth-order valence-corrected chi connectivity index (χ4v) is 5.59. The van der Waals surface area contributed by atoms with Gasteiger partial charge >= 0.3 is 0 Å². The lowest BCUT2D eigenvalue weighted by molar-refractivity contribution is -0.137. The van der Waals surface area contributed by atoms with Crippen LogP contribution in [0.5, 0.6) is 0 Å². The van der Waals surface area contributed by atoms with Gasteiger partial charge < -0.3 is 25.7 Å². The van der Waals surface area contributed by atoms with E-state index >= 15 is 0 Å². The van der Waals surface area contributed by atoms with E-state index in [0.29, 0.717) is 19.5 Å². The summed E-state index contributed by atoms with van der Waals surface area (Å²) in [5, 5.41) is 27.2. The number of amides is 3. The van der Waals surface area contributed by atoms with E-state index in [9.17, 15) is 37.8 Å². The predicted octanol–water partition coefficient (Wildman–Crippen LogP) is 3.53. The number of rotatable bonds is 18. The molecule has 0 heterocycles. The lowest BCUT2D eigenvalue weighted by Gasteiger charge is -2.33. The molecule has 0 saturated heterocycles. The highest BCUT2D eigenvalue weighted by Gasteiger charge is 2.34. The van der Waals surface area contributed by atoms with E-state index in [1.54, 1.807) is 21.0 Å². The number of hydrogen-bond acceptors (Lipinski definition) is 6. The third-order valence-electron chi connectivity index (χ3n) is 8.45. The number of alkyl halides is 3. The van der Waals surface area contributed by atoms with E-state index in [1.807, 2.05) is 30.3 Å². The van der Waals surface area contributed by atoms with Gasteiger partial charge in [-0.3, -0.25) is 19.3 Å². The lowest BCUT2D eigenvalue weighted by atomic mass is 9.82. The molecule has 3 amide bonds. The molecule has 9 nitrogen and oxygen atoms in total. The van der Waals surface area contributed by atoms with Crippen molar-refractivity contribution in [2.45, 2.75) is 95.4 Å². The lowest BCUT2D eigenvalue weighted by Crippen LogP contribution is -2.55. The number of nitrogens with zero attached hydrogens (tertiary/aromatic N) is 2. The number of terminal acetylenes is 1. The van der Waals surface area contributed by atoms with E-state index < -0.39 is 55.8 Å². The third-order valence-corrected chi connectivity index (χ3v) is 8.45. The van der Waals surface area contributed by atoms with Gasteiger partial charge in [0.05, 0.1) is 18.1 Å². The summed E-state index contributed by atoms with van der Waals surface area (Å²) >= 11 is 0. The monoisotopic (exact) mass is 678 g/mol. The standard InChI is InChI=1S/C35H51FN4O5.CH2F2/c1-5-7-19-29(35(45)38-30(33(43)31(41)14-6-2)23-27-17-12-9-13-18-27)37-34(44)28(22-26-15-10-8-11-16-26)24-32(42)40(4)21-20-39(3)25-36;2-1-3/h2,8,10-11,15-16,27-31,33,41,43H,9,12-14,17-25H2,1,3-4H3,(H,37,44)(H,38,45);1H2/t28?,29-,30?,31?,33?;/m0./s1. The number of hydrogen-bond donors (Lipinski definition) is 4. The minimum atomic E-state index is -1.75. The molecule has 48 heavy (non-hydrogen) atoms. The van der Waals surface area contributed by atoms with Gasteiger partial charge in [-0.15, -0.1) is 24.2 Å². The highest BCUT2D eigenvalue weighted by molar-refractivity contribution is 5.91. The number of aliphatic hydroxyl groups excluding tert-OH is 2. The Morgan fingerprint density at radius 3 is 2.21 bits per heavy atom. The number of carbonyl (C=O) groups excluding carboxylic acids is 3. The van der Waals surface area contributed by atoms with Crippen molar-refractivity contribution >= 4 is 17.7 Å². The van der Waals surface area contributed by atoms with Gasteiger partial charge in [0.2, 0.25) is 24.6 Å². The molecule has 1 saturated carbocycles. The van der Waals surface area contributed by atoms with Gasteiger partial charge in [0.15, 0.2) is 0 Å². The number of halogens is 3.